The summed E-state index contributed by atoms with van der Waals surface area (Å²) in [5.74, 6) is -0.0768. The standard InChI is InChI=1S/C14H10ClNO3/c1-14(12-6-5-10(15)7-16-12)18-11-4-2-3-9(8-17)13(11)19-14/h2-8H,1H3. The Morgan fingerprint density at radius 2 is 2.11 bits per heavy atom. The summed E-state index contributed by atoms with van der Waals surface area (Å²) in [6, 6.07) is 8.62. The fraction of sp³-hybridized carbons (Fsp3) is 0.143. The van der Waals surface area contributed by atoms with Crippen LogP contribution in [0.5, 0.6) is 11.5 Å². The van der Waals surface area contributed by atoms with E-state index >= 15 is 0 Å². The van der Waals surface area contributed by atoms with Crippen molar-refractivity contribution >= 4 is 17.9 Å². The van der Waals surface area contributed by atoms with Crippen molar-refractivity contribution in [1.29, 1.82) is 0 Å². The second-order valence-corrected chi connectivity index (χ2v) is 4.74. The van der Waals surface area contributed by atoms with Crippen LogP contribution in [0.25, 0.3) is 0 Å². The van der Waals surface area contributed by atoms with E-state index in [1.165, 1.54) is 6.20 Å². The van der Waals surface area contributed by atoms with Gasteiger partial charge in [0.2, 0.25) is 0 Å². The fourth-order valence-corrected chi connectivity index (χ4v) is 2.10. The van der Waals surface area contributed by atoms with Crippen LogP contribution in [0.4, 0.5) is 0 Å². The zero-order chi connectivity index (χ0) is 13.5. The van der Waals surface area contributed by atoms with Crippen LogP contribution in [-0.4, -0.2) is 11.3 Å². The van der Waals surface area contributed by atoms with Gasteiger partial charge in [0.1, 0.15) is 5.69 Å². The SMILES string of the molecule is CC1(c2ccc(Cl)cn2)Oc2cccc(C=O)c2O1. The molecule has 4 nitrogen and oxygen atoms in total. The molecule has 1 aliphatic heterocycles. The summed E-state index contributed by atoms with van der Waals surface area (Å²) in [4.78, 5) is 15.2. The Morgan fingerprint density at radius 3 is 2.79 bits per heavy atom. The molecule has 5 heteroatoms. The minimum Gasteiger partial charge on any atom is -0.443 e. The van der Waals surface area contributed by atoms with Gasteiger partial charge in [0.25, 0.3) is 5.79 Å². The molecule has 2 heterocycles. The normalized spacial score (nSPS) is 20.3. The number of carbonyl (C=O) groups excluding carboxylic acids is 1. The van der Waals surface area contributed by atoms with Crippen LogP contribution in [0.1, 0.15) is 23.0 Å². The summed E-state index contributed by atoms with van der Waals surface area (Å²) >= 11 is 5.81. The molecule has 0 saturated heterocycles. The molecular formula is C14H10ClNO3. The summed E-state index contributed by atoms with van der Waals surface area (Å²) in [6.07, 6.45) is 2.27. The molecule has 1 aliphatic rings. The third-order valence-electron chi connectivity index (χ3n) is 2.93. The minimum atomic E-state index is -1.05. The van der Waals surface area contributed by atoms with Gasteiger partial charge in [-0.15, -0.1) is 0 Å². The molecule has 0 radical (unpaired) electrons. The number of hydrogen-bond acceptors (Lipinski definition) is 4. The Morgan fingerprint density at radius 1 is 1.26 bits per heavy atom. The number of rotatable bonds is 2. The largest absolute Gasteiger partial charge is 0.443 e. The molecule has 2 aromatic rings. The second kappa shape index (κ2) is 4.24. The number of halogens is 1. The van der Waals surface area contributed by atoms with Crippen LogP contribution >= 0.6 is 11.6 Å². The van der Waals surface area contributed by atoms with Gasteiger partial charge >= 0.3 is 0 Å². The van der Waals surface area contributed by atoms with Gasteiger partial charge in [-0.1, -0.05) is 17.7 Å². The number of pyridine rings is 1. The van der Waals surface area contributed by atoms with Crippen LogP contribution in [0, 0.1) is 0 Å². The van der Waals surface area contributed by atoms with Gasteiger partial charge in [-0.3, -0.25) is 9.78 Å². The van der Waals surface area contributed by atoms with Gasteiger partial charge in [-0.05, 0) is 24.3 Å². The zero-order valence-electron chi connectivity index (χ0n) is 10.1. The lowest BCUT2D eigenvalue weighted by Crippen LogP contribution is -2.32. The van der Waals surface area contributed by atoms with Gasteiger partial charge < -0.3 is 9.47 Å². The Balaban J connectivity index is 2.02. The zero-order valence-corrected chi connectivity index (χ0v) is 10.8. The highest BCUT2D eigenvalue weighted by molar-refractivity contribution is 6.30. The average molecular weight is 276 g/mol. The Labute approximate surface area is 114 Å². The van der Waals surface area contributed by atoms with E-state index in [0.717, 1.165) is 6.29 Å². The highest BCUT2D eigenvalue weighted by Crippen LogP contribution is 2.44. The molecule has 0 saturated carbocycles. The molecule has 1 atom stereocenters. The quantitative estimate of drug-likeness (QED) is 0.790. The molecule has 1 unspecified atom stereocenters. The maximum absolute atomic E-state index is 11.0. The maximum Gasteiger partial charge on any atom is 0.292 e. The van der Waals surface area contributed by atoms with Gasteiger partial charge in [0.15, 0.2) is 17.8 Å². The first-order valence-corrected chi connectivity index (χ1v) is 6.08. The highest BCUT2D eigenvalue weighted by atomic mass is 35.5. The van der Waals surface area contributed by atoms with E-state index in [-0.39, 0.29) is 0 Å². The molecule has 0 bridgehead atoms. The van der Waals surface area contributed by atoms with Crippen molar-refractivity contribution in [2.75, 3.05) is 0 Å². The number of carbonyl (C=O) groups is 1. The summed E-state index contributed by atoms with van der Waals surface area (Å²) in [7, 11) is 0. The predicted molar refractivity (Wildman–Crippen MR) is 69.7 cm³/mol. The molecule has 96 valence electrons. The van der Waals surface area contributed by atoms with E-state index < -0.39 is 5.79 Å². The number of ether oxygens (including phenoxy) is 2. The lowest BCUT2D eigenvalue weighted by Gasteiger charge is -2.22. The average Bonchev–Trinajstić information content (AvgIpc) is 2.76. The van der Waals surface area contributed by atoms with Crippen molar-refractivity contribution in [3.8, 4) is 11.5 Å². The van der Waals surface area contributed by atoms with Crippen molar-refractivity contribution in [3.63, 3.8) is 0 Å². The summed E-state index contributed by atoms with van der Waals surface area (Å²) < 4.78 is 11.6. The molecule has 1 aromatic carbocycles. The van der Waals surface area contributed by atoms with E-state index in [4.69, 9.17) is 21.1 Å². The Hall–Kier alpha value is -2.07. The van der Waals surface area contributed by atoms with Crippen molar-refractivity contribution in [2.45, 2.75) is 12.7 Å². The Kier molecular flexibility index (Phi) is 2.68. The molecule has 0 spiro atoms. The van der Waals surface area contributed by atoms with Gasteiger partial charge in [-0.2, -0.15) is 0 Å². The molecule has 0 fully saturated rings. The highest BCUT2D eigenvalue weighted by Gasteiger charge is 2.41. The number of hydrogen-bond donors (Lipinski definition) is 0. The van der Waals surface area contributed by atoms with E-state index in [2.05, 4.69) is 4.98 Å². The maximum atomic E-state index is 11.0. The molecular weight excluding hydrogens is 266 g/mol. The van der Waals surface area contributed by atoms with Crippen molar-refractivity contribution < 1.29 is 14.3 Å². The van der Waals surface area contributed by atoms with E-state index in [1.807, 2.05) is 0 Å². The molecule has 0 aliphatic carbocycles. The molecule has 3 rings (SSSR count). The monoisotopic (exact) mass is 275 g/mol. The van der Waals surface area contributed by atoms with Crippen molar-refractivity contribution in [3.05, 3.63) is 52.8 Å². The lowest BCUT2D eigenvalue weighted by molar-refractivity contribution is -0.0718. The number of para-hydroxylation sites is 1. The topological polar surface area (TPSA) is 48.4 Å². The summed E-state index contributed by atoms with van der Waals surface area (Å²) in [5.41, 5.74) is 1.04. The number of nitrogens with zero attached hydrogens (tertiary/aromatic N) is 1. The van der Waals surface area contributed by atoms with E-state index in [9.17, 15) is 4.79 Å². The second-order valence-electron chi connectivity index (χ2n) is 4.30. The number of benzene rings is 1. The summed E-state index contributed by atoms with van der Waals surface area (Å²) in [5, 5.41) is 0.538. The minimum absolute atomic E-state index is 0.441. The van der Waals surface area contributed by atoms with Crippen LogP contribution in [0.2, 0.25) is 5.02 Å². The summed E-state index contributed by atoms with van der Waals surface area (Å²) in [6.45, 7) is 1.75. The first kappa shape index (κ1) is 12.0. The van der Waals surface area contributed by atoms with Gasteiger partial charge in [-0.25, -0.2) is 0 Å². The van der Waals surface area contributed by atoms with Crippen LogP contribution < -0.4 is 9.47 Å². The van der Waals surface area contributed by atoms with Crippen LogP contribution in [0.3, 0.4) is 0 Å². The van der Waals surface area contributed by atoms with Gasteiger partial charge in [0.05, 0.1) is 10.6 Å². The first-order chi connectivity index (χ1) is 9.12. The van der Waals surface area contributed by atoms with Crippen molar-refractivity contribution in [1.82, 2.24) is 4.98 Å². The number of aldehydes is 1. The van der Waals surface area contributed by atoms with Crippen LogP contribution in [-0.2, 0) is 5.79 Å². The smallest absolute Gasteiger partial charge is 0.292 e. The van der Waals surface area contributed by atoms with Gasteiger partial charge in [0, 0.05) is 13.1 Å². The molecule has 19 heavy (non-hydrogen) atoms. The molecule has 0 N–H and O–H groups in total. The fourth-order valence-electron chi connectivity index (χ4n) is 1.99. The van der Waals surface area contributed by atoms with E-state index in [0.29, 0.717) is 27.8 Å². The molecule has 1 aromatic heterocycles. The van der Waals surface area contributed by atoms with Crippen LogP contribution in [0.15, 0.2) is 36.5 Å². The van der Waals surface area contributed by atoms with E-state index in [1.54, 1.807) is 37.3 Å². The third kappa shape index (κ3) is 1.94. The third-order valence-corrected chi connectivity index (χ3v) is 3.15. The first-order valence-electron chi connectivity index (χ1n) is 5.71. The van der Waals surface area contributed by atoms with Crippen molar-refractivity contribution in [2.24, 2.45) is 0 Å². The molecule has 0 amide bonds. The predicted octanol–water partition coefficient (Wildman–Crippen LogP) is 3.19. The lowest BCUT2D eigenvalue weighted by atomic mass is 10.2. The number of aromatic nitrogens is 1. The number of fused-ring (bicyclic) bond motifs is 1. The Bertz CT molecular complexity index is 642.